The number of rotatable bonds is 6. The highest BCUT2D eigenvalue weighted by atomic mass is 16.5. The van der Waals surface area contributed by atoms with Crippen LogP contribution in [0.4, 0.5) is 0 Å². The minimum absolute atomic E-state index is 0.0831. The number of amides is 1. The third-order valence-electron chi connectivity index (χ3n) is 4.01. The maximum atomic E-state index is 11.9. The monoisotopic (exact) mass is 323 g/mol. The van der Waals surface area contributed by atoms with Gasteiger partial charge in [0.05, 0.1) is 13.7 Å². The van der Waals surface area contributed by atoms with Crippen LogP contribution in [0.2, 0.25) is 0 Å². The number of methoxy groups -OCH3 is 1. The van der Waals surface area contributed by atoms with Gasteiger partial charge in [-0.25, -0.2) is 0 Å². The Morgan fingerprint density at radius 3 is 2.88 bits per heavy atom. The van der Waals surface area contributed by atoms with E-state index in [0.717, 1.165) is 36.5 Å². The molecule has 1 aliphatic rings. The van der Waals surface area contributed by atoms with Crippen molar-refractivity contribution in [3.63, 3.8) is 0 Å². The van der Waals surface area contributed by atoms with Crippen LogP contribution in [0, 0.1) is 0 Å². The summed E-state index contributed by atoms with van der Waals surface area (Å²) < 4.78 is 10.6. The first kappa shape index (κ1) is 16.1. The van der Waals surface area contributed by atoms with Crippen molar-refractivity contribution in [1.82, 2.24) is 5.32 Å². The zero-order valence-electron chi connectivity index (χ0n) is 13.7. The van der Waals surface area contributed by atoms with Crippen LogP contribution < -0.4 is 14.8 Å². The third kappa shape index (κ3) is 4.16. The van der Waals surface area contributed by atoms with E-state index in [9.17, 15) is 4.79 Å². The topological polar surface area (TPSA) is 47.6 Å². The summed E-state index contributed by atoms with van der Waals surface area (Å²) in [5.41, 5.74) is 3.39. The maximum absolute atomic E-state index is 11.9. The quantitative estimate of drug-likeness (QED) is 0.831. The number of nitrogens with one attached hydrogen (secondary N) is 1. The number of carbonyl (C=O) groups is 1. The lowest BCUT2D eigenvalue weighted by Crippen LogP contribution is -2.23. The predicted molar refractivity (Wildman–Crippen MR) is 94.4 cm³/mol. The zero-order chi connectivity index (χ0) is 16.8. The number of carbonyl (C=O) groups excluding carboxylic acids is 1. The molecule has 0 bridgehead atoms. The minimum atomic E-state index is -0.0831. The Labute approximate surface area is 142 Å². The highest BCUT2D eigenvalue weighted by molar-refractivity contribution is 5.91. The van der Waals surface area contributed by atoms with Crippen LogP contribution >= 0.6 is 0 Å². The molecular formula is C20H21NO3. The van der Waals surface area contributed by atoms with Crippen LogP contribution in [0.5, 0.6) is 11.5 Å². The Hall–Kier alpha value is -2.75. The van der Waals surface area contributed by atoms with Gasteiger partial charge in [0.15, 0.2) is 0 Å². The second-order valence-electron chi connectivity index (χ2n) is 5.69. The summed E-state index contributed by atoms with van der Waals surface area (Å²) in [5.74, 6) is 1.71. The Bertz CT molecular complexity index is 735. The zero-order valence-corrected chi connectivity index (χ0v) is 13.7. The molecule has 0 saturated heterocycles. The molecule has 3 rings (SSSR count). The molecule has 4 heteroatoms. The number of hydrogen-bond acceptors (Lipinski definition) is 3. The van der Waals surface area contributed by atoms with Crippen molar-refractivity contribution in [3.05, 3.63) is 65.2 Å². The molecule has 0 saturated carbocycles. The maximum Gasteiger partial charge on any atom is 0.244 e. The number of hydrogen-bond donors (Lipinski definition) is 1. The molecule has 0 aromatic heterocycles. The van der Waals surface area contributed by atoms with E-state index >= 15 is 0 Å². The van der Waals surface area contributed by atoms with Crippen molar-refractivity contribution >= 4 is 12.0 Å². The summed E-state index contributed by atoms with van der Waals surface area (Å²) in [6.07, 6.45) is 5.14. The highest BCUT2D eigenvalue weighted by Crippen LogP contribution is 2.26. The molecule has 0 aliphatic carbocycles. The van der Waals surface area contributed by atoms with Gasteiger partial charge in [0.25, 0.3) is 0 Å². The predicted octanol–water partition coefficient (Wildman–Crippen LogP) is 3.00. The Kier molecular flexibility index (Phi) is 5.16. The molecule has 0 unspecified atom stereocenters. The molecule has 1 heterocycles. The van der Waals surface area contributed by atoms with Crippen LogP contribution in [0.15, 0.2) is 48.5 Å². The molecule has 1 N–H and O–H groups in total. The first-order valence-electron chi connectivity index (χ1n) is 8.09. The van der Waals surface area contributed by atoms with Gasteiger partial charge in [-0.05, 0) is 53.5 Å². The fourth-order valence-electron chi connectivity index (χ4n) is 2.66. The SMILES string of the molecule is COc1ccc(CCNC(=O)/C=C/c2ccc3c(c2)CCO3)cc1. The van der Waals surface area contributed by atoms with Crippen LogP contribution in [-0.4, -0.2) is 26.2 Å². The van der Waals surface area contributed by atoms with Gasteiger partial charge in [-0.15, -0.1) is 0 Å². The molecule has 0 fully saturated rings. The summed E-state index contributed by atoms with van der Waals surface area (Å²) >= 11 is 0. The van der Waals surface area contributed by atoms with Gasteiger partial charge in [-0.3, -0.25) is 4.79 Å². The summed E-state index contributed by atoms with van der Waals surface area (Å²) in [7, 11) is 1.65. The molecule has 0 spiro atoms. The molecule has 0 atom stereocenters. The van der Waals surface area contributed by atoms with Gasteiger partial charge < -0.3 is 14.8 Å². The van der Waals surface area contributed by atoms with E-state index in [4.69, 9.17) is 9.47 Å². The van der Waals surface area contributed by atoms with Crippen molar-refractivity contribution < 1.29 is 14.3 Å². The molecule has 0 radical (unpaired) electrons. The lowest BCUT2D eigenvalue weighted by molar-refractivity contribution is -0.116. The summed E-state index contributed by atoms with van der Waals surface area (Å²) in [4.78, 5) is 11.9. The van der Waals surface area contributed by atoms with Gasteiger partial charge in [0, 0.05) is 19.0 Å². The van der Waals surface area contributed by atoms with Crippen molar-refractivity contribution in [2.45, 2.75) is 12.8 Å². The highest BCUT2D eigenvalue weighted by Gasteiger charge is 2.11. The van der Waals surface area contributed by atoms with E-state index < -0.39 is 0 Å². The van der Waals surface area contributed by atoms with Crippen molar-refractivity contribution in [2.75, 3.05) is 20.3 Å². The average Bonchev–Trinajstić information content (AvgIpc) is 3.08. The molecular weight excluding hydrogens is 302 g/mol. The van der Waals surface area contributed by atoms with E-state index in [0.29, 0.717) is 6.54 Å². The Morgan fingerprint density at radius 1 is 1.25 bits per heavy atom. The Balaban J connectivity index is 1.46. The van der Waals surface area contributed by atoms with Gasteiger partial charge >= 0.3 is 0 Å². The van der Waals surface area contributed by atoms with E-state index in [2.05, 4.69) is 11.4 Å². The average molecular weight is 323 g/mol. The minimum Gasteiger partial charge on any atom is -0.497 e. The van der Waals surface area contributed by atoms with Crippen LogP contribution in [0.25, 0.3) is 6.08 Å². The second kappa shape index (κ2) is 7.68. The molecule has 124 valence electrons. The lowest BCUT2D eigenvalue weighted by Gasteiger charge is -2.04. The normalized spacial score (nSPS) is 12.7. The van der Waals surface area contributed by atoms with E-state index in [1.165, 1.54) is 11.1 Å². The fraction of sp³-hybridized carbons (Fsp3) is 0.250. The van der Waals surface area contributed by atoms with Gasteiger partial charge in [-0.2, -0.15) is 0 Å². The van der Waals surface area contributed by atoms with E-state index in [1.54, 1.807) is 13.2 Å². The fourth-order valence-corrected chi connectivity index (χ4v) is 2.66. The molecule has 2 aromatic carbocycles. The first-order chi connectivity index (χ1) is 11.7. The Morgan fingerprint density at radius 2 is 2.08 bits per heavy atom. The van der Waals surface area contributed by atoms with Crippen LogP contribution in [0.1, 0.15) is 16.7 Å². The number of ether oxygens (including phenoxy) is 2. The smallest absolute Gasteiger partial charge is 0.244 e. The molecule has 2 aromatic rings. The number of fused-ring (bicyclic) bond motifs is 1. The lowest BCUT2D eigenvalue weighted by atomic mass is 10.1. The molecule has 1 amide bonds. The first-order valence-corrected chi connectivity index (χ1v) is 8.09. The van der Waals surface area contributed by atoms with Crippen molar-refractivity contribution in [3.8, 4) is 11.5 Å². The van der Waals surface area contributed by atoms with Gasteiger partial charge in [0.1, 0.15) is 11.5 Å². The van der Waals surface area contributed by atoms with E-state index in [-0.39, 0.29) is 5.91 Å². The van der Waals surface area contributed by atoms with Crippen LogP contribution in [0.3, 0.4) is 0 Å². The van der Waals surface area contributed by atoms with Crippen LogP contribution in [-0.2, 0) is 17.6 Å². The standard InChI is InChI=1S/C20H21NO3/c1-23-18-6-2-15(3-7-18)10-12-21-20(22)9-5-16-4-8-19-17(14-16)11-13-24-19/h2-9,14H,10-13H2,1H3,(H,21,22)/b9-5+. The third-order valence-corrected chi connectivity index (χ3v) is 4.01. The molecule has 24 heavy (non-hydrogen) atoms. The number of benzene rings is 2. The summed E-state index contributed by atoms with van der Waals surface area (Å²) in [6, 6.07) is 13.9. The van der Waals surface area contributed by atoms with Gasteiger partial charge in [-0.1, -0.05) is 18.2 Å². The van der Waals surface area contributed by atoms with Gasteiger partial charge in [0.2, 0.25) is 5.91 Å². The van der Waals surface area contributed by atoms with Crippen molar-refractivity contribution in [2.24, 2.45) is 0 Å². The molecule has 4 nitrogen and oxygen atoms in total. The molecule has 1 aliphatic heterocycles. The second-order valence-corrected chi connectivity index (χ2v) is 5.69. The van der Waals surface area contributed by atoms with Crippen molar-refractivity contribution in [1.29, 1.82) is 0 Å². The summed E-state index contributed by atoms with van der Waals surface area (Å²) in [5, 5.41) is 2.90. The largest absolute Gasteiger partial charge is 0.497 e. The van der Waals surface area contributed by atoms with E-state index in [1.807, 2.05) is 42.5 Å². The summed E-state index contributed by atoms with van der Waals surface area (Å²) in [6.45, 7) is 1.35.